The Hall–Kier alpha value is -2.65. The Kier molecular flexibility index (Phi) is 7.45. The number of nitro groups is 1. The number of benzene rings is 2. The summed E-state index contributed by atoms with van der Waals surface area (Å²) in [6.07, 6.45) is 8.69. The normalized spacial score (nSPS) is 23.0. The van der Waals surface area contributed by atoms with Crippen LogP contribution in [-0.2, 0) is 14.9 Å². The van der Waals surface area contributed by atoms with Crippen LogP contribution in [0.15, 0.2) is 48.5 Å². The molecule has 9 heteroatoms. The lowest BCUT2D eigenvalue weighted by atomic mass is 9.76. The van der Waals surface area contributed by atoms with Crippen molar-refractivity contribution < 1.29 is 19.2 Å². The maximum Gasteiger partial charge on any atom is 0.305 e. The zero-order valence-electron chi connectivity index (χ0n) is 21.2. The minimum atomic E-state index is -0.858. The molecule has 0 aromatic heterocycles. The molecular formula is C28H32N2O5S2. The van der Waals surface area contributed by atoms with Crippen molar-refractivity contribution >= 4 is 45.0 Å². The highest BCUT2D eigenvalue weighted by Gasteiger charge is 2.58. The molecule has 0 amide bonds. The first-order valence-electron chi connectivity index (χ1n) is 12.8. The van der Waals surface area contributed by atoms with Crippen molar-refractivity contribution in [2.75, 3.05) is 23.8 Å². The average molecular weight is 541 g/mol. The van der Waals surface area contributed by atoms with Gasteiger partial charge in [-0.05, 0) is 63.0 Å². The zero-order chi connectivity index (χ0) is 26.0. The van der Waals surface area contributed by atoms with E-state index >= 15 is 0 Å². The summed E-state index contributed by atoms with van der Waals surface area (Å²) in [7, 11) is 3.93. The summed E-state index contributed by atoms with van der Waals surface area (Å²) >= 11 is 0. The number of rotatable bonds is 9. The van der Waals surface area contributed by atoms with Gasteiger partial charge in [-0.3, -0.25) is 14.9 Å². The van der Waals surface area contributed by atoms with Gasteiger partial charge in [-0.25, -0.2) is 0 Å². The molecule has 1 fully saturated rings. The van der Waals surface area contributed by atoms with Crippen molar-refractivity contribution in [2.45, 2.75) is 62.3 Å². The van der Waals surface area contributed by atoms with Crippen LogP contribution in [0.5, 0.6) is 5.75 Å². The first kappa shape index (κ1) is 26.0. The number of fused-ring (bicyclic) bond motifs is 2. The Morgan fingerprint density at radius 3 is 2.86 bits per heavy atom. The highest BCUT2D eigenvalue weighted by Crippen LogP contribution is 2.54. The van der Waals surface area contributed by atoms with Gasteiger partial charge in [-0.15, -0.1) is 0 Å². The van der Waals surface area contributed by atoms with Crippen LogP contribution in [0.3, 0.4) is 0 Å². The number of hydrogen-bond donors (Lipinski definition) is 0. The van der Waals surface area contributed by atoms with Gasteiger partial charge < -0.3 is 14.4 Å². The van der Waals surface area contributed by atoms with Gasteiger partial charge >= 0.3 is 5.97 Å². The van der Waals surface area contributed by atoms with E-state index in [-0.39, 0.29) is 18.3 Å². The van der Waals surface area contributed by atoms with Gasteiger partial charge in [0.15, 0.2) is 0 Å². The van der Waals surface area contributed by atoms with Crippen molar-refractivity contribution in [2.24, 2.45) is 0 Å². The van der Waals surface area contributed by atoms with Gasteiger partial charge in [-0.1, -0.05) is 46.2 Å². The van der Waals surface area contributed by atoms with Gasteiger partial charge in [0.05, 0.1) is 16.9 Å². The van der Waals surface area contributed by atoms with Gasteiger partial charge in [0, 0.05) is 40.8 Å². The molecule has 0 radical (unpaired) electrons. The number of esters is 1. The summed E-state index contributed by atoms with van der Waals surface area (Å²) in [6, 6.07) is 12.9. The third-order valence-corrected chi connectivity index (χ3v) is 10.6. The number of hydrogen-bond acceptors (Lipinski definition) is 8. The van der Waals surface area contributed by atoms with Crippen molar-refractivity contribution in [3.8, 4) is 5.75 Å². The zero-order valence-corrected chi connectivity index (χ0v) is 22.8. The lowest BCUT2D eigenvalue weighted by Crippen LogP contribution is -2.60. The standard InChI is InChI=1S/C28H32N2O5S2/c1-27(2)23-8-4-5-9-24(23)29(16-17-34-26(31)10-6-3-7-22-14-18-36-37-22)28(27)15-13-20-19-21(30(32)33)11-12-25(20)35-28/h4-5,8-9,11-13,15,19,22H,3,6-7,10,14,16-18H2,1-2H3/t22?,28-/m0/s1. The van der Waals surface area contributed by atoms with Gasteiger partial charge in [0.2, 0.25) is 5.72 Å². The SMILES string of the molecule is CC1(C)c2ccccc2N(CCOC(=O)CCCCC2CCSS2)[C@]12C=Cc1cc([N+](=O)[O-])ccc1O2. The summed E-state index contributed by atoms with van der Waals surface area (Å²) in [4.78, 5) is 25.5. The molecule has 1 saturated heterocycles. The molecule has 2 atom stereocenters. The quantitative estimate of drug-likeness (QED) is 0.114. The highest BCUT2D eigenvalue weighted by molar-refractivity contribution is 8.77. The Labute approximate surface area is 225 Å². The van der Waals surface area contributed by atoms with E-state index in [1.165, 1.54) is 30.7 Å². The molecule has 196 valence electrons. The molecule has 0 saturated carbocycles. The Bertz CT molecular complexity index is 1210. The van der Waals surface area contributed by atoms with E-state index in [1.54, 1.807) is 6.07 Å². The van der Waals surface area contributed by atoms with Crippen LogP contribution >= 0.6 is 21.6 Å². The second-order valence-corrected chi connectivity index (χ2v) is 13.0. The van der Waals surface area contributed by atoms with E-state index in [0.717, 1.165) is 29.3 Å². The average Bonchev–Trinajstić information content (AvgIpc) is 3.47. The number of carbonyl (C=O) groups is 1. The minimum absolute atomic E-state index is 0.0292. The van der Waals surface area contributed by atoms with Crippen molar-refractivity contribution in [1.82, 2.24) is 0 Å². The molecule has 3 aliphatic rings. The third-order valence-electron chi connectivity index (χ3n) is 7.59. The number of carbonyl (C=O) groups excluding carboxylic acids is 1. The number of para-hydroxylation sites is 1. The number of nitro benzene ring substituents is 1. The van der Waals surface area contributed by atoms with Crippen molar-refractivity contribution in [3.63, 3.8) is 0 Å². The lowest BCUT2D eigenvalue weighted by Gasteiger charge is -2.47. The van der Waals surface area contributed by atoms with Crippen LogP contribution in [0.4, 0.5) is 11.4 Å². The Balaban J connectivity index is 1.28. The van der Waals surface area contributed by atoms with E-state index < -0.39 is 16.1 Å². The fraction of sp³-hybridized carbons (Fsp3) is 0.464. The minimum Gasteiger partial charge on any atom is -0.464 e. The Morgan fingerprint density at radius 1 is 1.24 bits per heavy atom. The summed E-state index contributed by atoms with van der Waals surface area (Å²) < 4.78 is 12.3. The summed E-state index contributed by atoms with van der Waals surface area (Å²) in [5.41, 5.74) is 1.59. The molecule has 0 bridgehead atoms. The highest BCUT2D eigenvalue weighted by atomic mass is 33.1. The fourth-order valence-electron chi connectivity index (χ4n) is 5.52. The van der Waals surface area contributed by atoms with Crippen LogP contribution < -0.4 is 9.64 Å². The fourth-order valence-corrected chi connectivity index (χ4v) is 8.55. The summed E-state index contributed by atoms with van der Waals surface area (Å²) in [5, 5.41) is 12.0. The second-order valence-electron chi connectivity index (χ2n) is 10.2. The molecular weight excluding hydrogens is 508 g/mol. The maximum atomic E-state index is 12.5. The smallest absolute Gasteiger partial charge is 0.305 e. The number of anilines is 1. The topological polar surface area (TPSA) is 81.9 Å². The molecule has 2 aromatic rings. The van der Waals surface area contributed by atoms with Crippen LogP contribution in [0.1, 0.15) is 57.1 Å². The van der Waals surface area contributed by atoms with Crippen LogP contribution in [0.2, 0.25) is 0 Å². The molecule has 1 unspecified atom stereocenters. The van der Waals surface area contributed by atoms with E-state index in [2.05, 4.69) is 30.9 Å². The van der Waals surface area contributed by atoms with Gasteiger partial charge in [-0.2, -0.15) is 0 Å². The molecule has 5 rings (SSSR count). The largest absolute Gasteiger partial charge is 0.464 e. The first-order chi connectivity index (χ1) is 17.8. The number of nitrogens with zero attached hydrogens (tertiary/aromatic N) is 2. The van der Waals surface area contributed by atoms with E-state index in [0.29, 0.717) is 24.3 Å². The number of ether oxygens (including phenoxy) is 2. The van der Waals surface area contributed by atoms with Crippen molar-refractivity contribution in [3.05, 3.63) is 69.8 Å². The monoisotopic (exact) mass is 540 g/mol. The molecule has 37 heavy (non-hydrogen) atoms. The van der Waals surface area contributed by atoms with E-state index in [9.17, 15) is 14.9 Å². The molecule has 2 aromatic carbocycles. The summed E-state index contributed by atoms with van der Waals surface area (Å²) in [5.74, 6) is 1.67. The third kappa shape index (κ3) is 4.95. The number of unbranched alkanes of at least 4 members (excludes halogenated alkanes) is 1. The molecule has 7 nitrogen and oxygen atoms in total. The van der Waals surface area contributed by atoms with Gasteiger partial charge in [0.1, 0.15) is 12.4 Å². The van der Waals surface area contributed by atoms with E-state index in [4.69, 9.17) is 9.47 Å². The molecule has 1 spiro atoms. The molecule has 3 aliphatic heterocycles. The van der Waals surface area contributed by atoms with Gasteiger partial charge in [0.25, 0.3) is 5.69 Å². The molecule has 0 aliphatic carbocycles. The maximum absolute atomic E-state index is 12.5. The Morgan fingerprint density at radius 2 is 2.08 bits per heavy atom. The molecule has 0 N–H and O–H groups in total. The predicted molar refractivity (Wildman–Crippen MR) is 150 cm³/mol. The summed E-state index contributed by atoms with van der Waals surface area (Å²) in [6.45, 7) is 5.00. The van der Waals surface area contributed by atoms with Crippen LogP contribution in [0, 0.1) is 10.1 Å². The first-order valence-corrected chi connectivity index (χ1v) is 15.2. The predicted octanol–water partition coefficient (Wildman–Crippen LogP) is 6.75. The lowest BCUT2D eigenvalue weighted by molar-refractivity contribution is -0.384. The number of non-ortho nitro benzene ring substituents is 1. The van der Waals surface area contributed by atoms with Crippen LogP contribution in [0.25, 0.3) is 6.08 Å². The second kappa shape index (κ2) is 10.6. The van der Waals surface area contributed by atoms with Crippen molar-refractivity contribution in [1.29, 1.82) is 0 Å². The van der Waals surface area contributed by atoms with E-state index in [1.807, 2.05) is 45.9 Å². The van der Waals surface area contributed by atoms with Crippen LogP contribution in [-0.4, -0.2) is 40.8 Å². The molecule has 3 heterocycles.